The molecule has 0 aromatic carbocycles. The van der Waals surface area contributed by atoms with Crippen LogP contribution in [0, 0.1) is 0 Å². The minimum absolute atomic E-state index is 0.00390. The number of nitrogens with two attached hydrogens (primary N) is 1. The number of likely N-dealkylation sites (N-methyl/N-ethyl adjacent to an activating group) is 1. The predicted molar refractivity (Wildman–Crippen MR) is 70.0 cm³/mol. The van der Waals surface area contributed by atoms with Gasteiger partial charge in [-0.25, -0.2) is 0 Å². The molecule has 0 aromatic rings. The standard InChI is InChI=1S/C12H24N4O2/c1-10(13)12(18)16-6-4-5-15(7-8-16)9-11(17)14(2)3/h10H,4-9,13H2,1-3H3. The molecule has 104 valence electrons. The van der Waals surface area contributed by atoms with Crippen LogP contribution in [0.1, 0.15) is 13.3 Å². The third kappa shape index (κ3) is 4.27. The van der Waals surface area contributed by atoms with E-state index in [1.165, 1.54) is 0 Å². The Bertz CT molecular complexity index is 304. The summed E-state index contributed by atoms with van der Waals surface area (Å²) in [5, 5.41) is 0. The lowest BCUT2D eigenvalue weighted by atomic mass is 10.3. The molecule has 0 bridgehead atoms. The second kappa shape index (κ2) is 6.70. The fourth-order valence-electron chi connectivity index (χ4n) is 1.97. The molecule has 0 aliphatic carbocycles. The number of hydrogen-bond acceptors (Lipinski definition) is 4. The van der Waals surface area contributed by atoms with E-state index in [2.05, 4.69) is 4.90 Å². The van der Waals surface area contributed by atoms with E-state index >= 15 is 0 Å². The van der Waals surface area contributed by atoms with Gasteiger partial charge < -0.3 is 15.5 Å². The van der Waals surface area contributed by atoms with Gasteiger partial charge in [0.1, 0.15) is 0 Å². The molecule has 6 nitrogen and oxygen atoms in total. The summed E-state index contributed by atoms with van der Waals surface area (Å²) < 4.78 is 0. The summed E-state index contributed by atoms with van der Waals surface area (Å²) in [4.78, 5) is 28.9. The molecule has 6 heteroatoms. The van der Waals surface area contributed by atoms with Crippen molar-refractivity contribution in [1.29, 1.82) is 0 Å². The third-order valence-electron chi connectivity index (χ3n) is 3.15. The van der Waals surface area contributed by atoms with Crippen LogP contribution in [-0.4, -0.2) is 79.4 Å². The molecule has 0 radical (unpaired) electrons. The average molecular weight is 256 g/mol. The third-order valence-corrected chi connectivity index (χ3v) is 3.15. The Balaban J connectivity index is 2.46. The topological polar surface area (TPSA) is 69.9 Å². The van der Waals surface area contributed by atoms with Gasteiger partial charge in [0.2, 0.25) is 11.8 Å². The molecule has 2 amide bonds. The quantitative estimate of drug-likeness (QED) is 0.700. The van der Waals surface area contributed by atoms with Crippen LogP contribution in [0.5, 0.6) is 0 Å². The highest BCUT2D eigenvalue weighted by molar-refractivity contribution is 5.81. The van der Waals surface area contributed by atoms with Crippen molar-refractivity contribution in [2.45, 2.75) is 19.4 Å². The van der Waals surface area contributed by atoms with Crippen molar-refractivity contribution in [3.8, 4) is 0 Å². The van der Waals surface area contributed by atoms with Crippen LogP contribution >= 0.6 is 0 Å². The van der Waals surface area contributed by atoms with E-state index in [-0.39, 0.29) is 11.8 Å². The highest BCUT2D eigenvalue weighted by Crippen LogP contribution is 2.04. The molecule has 0 aromatic heterocycles. The summed E-state index contributed by atoms with van der Waals surface area (Å²) in [6.07, 6.45) is 0.888. The second-order valence-electron chi connectivity index (χ2n) is 5.03. The van der Waals surface area contributed by atoms with Gasteiger partial charge >= 0.3 is 0 Å². The first-order valence-corrected chi connectivity index (χ1v) is 6.38. The molecule has 1 heterocycles. The second-order valence-corrected chi connectivity index (χ2v) is 5.03. The first-order valence-electron chi connectivity index (χ1n) is 6.38. The molecular formula is C12H24N4O2. The molecule has 1 unspecified atom stereocenters. The Morgan fingerprint density at radius 1 is 1.22 bits per heavy atom. The van der Waals surface area contributed by atoms with Crippen molar-refractivity contribution < 1.29 is 9.59 Å². The van der Waals surface area contributed by atoms with E-state index in [4.69, 9.17) is 5.73 Å². The van der Waals surface area contributed by atoms with Gasteiger partial charge in [0, 0.05) is 40.3 Å². The van der Waals surface area contributed by atoms with Crippen LogP contribution in [0.15, 0.2) is 0 Å². The molecule has 1 rings (SSSR count). The van der Waals surface area contributed by atoms with Crippen molar-refractivity contribution in [2.75, 3.05) is 46.8 Å². The van der Waals surface area contributed by atoms with E-state index in [9.17, 15) is 9.59 Å². The van der Waals surface area contributed by atoms with Gasteiger partial charge in [0.25, 0.3) is 0 Å². The lowest BCUT2D eigenvalue weighted by molar-refractivity contribution is -0.132. The van der Waals surface area contributed by atoms with Crippen molar-refractivity contribution in [3.63, 3.8) is 0 Å². The number of carbonyl (C=O) groups is 2. The number of rotatable bonds is 3. The van der Waals surface area contributed by atoms with Crippen LogP contribution in [-0.2, 0) is 9.59 Å². The maximum Gasteiger partial charge on any atom is 0.239 e. The predicted octanol–water partition coefficient (Wildman–Crippen LogP) is -1.04. The lowest BCUT2D eigenvalue weighted by Gasteiger charge is -2.23. The highest BCUT2D eigenvalue weighted by atomic mass is 16.2. The number of amides is 2. The normalized spacial score (nSPS) is 19.2. The van der Waals surface area contributed by atoms with Crippen LogP contribution in [0.25, 0.3) is 0 Å². The summed E-state index contributed by atoms with van der Waals surface area (Å²) in [6.45, 7) is 5.10. The van der Waals surface area contributed by atoms with Crippen molar-refractivity contribution in [2.24, 2.45) is 5.73 Å². The summed E-state index contributed by atoms with van der Waals surface area (Å²) >= 11 is 0. The molecule has 1 saturated heterocycles. The Kier molecular flexibility index (Phi) is 5.55. The van der Waals surface area contributed by atoms with Gasteiger partial charge in [-0.1, -0.05) is 0 Å². The summed E-state index contributed by atoms with van der Waals surface area (Å²) in [5.41, 5.74) is 5.61. The van der Waals surface area contributed by atoms with E-state index < -0.39 is 6.04 Å². The van der Waals surface area contributed by atoms with Crippen LogP contribution in [0.4, 0.5) is 0 Å². The van der Waals surface area contributed by atoms with E-state index in [0.29, 0.717) is 13.1 Å². The average Bonchev–Trinajstić information content (AvgIpc) is 2.53. The van der Waals surface area contributed by atoms with Gasteiger partial charge in [0.15, 0.2) is 0 Å². The van der Waals surface area contributed by atoms with E-state index in [1.807, 2.05) is 0 Å². The van der Waals surface area contributed by atoms with E-state index in [1.54, 1.807) is 30.8 Å². The fraction of sp³-hybridized carbons (Fsp3) is 0.833. The van der Waals surface area contributed by atoms with Crippen LogP contribution < -0.4 is 5.73 Å². The Morgan fingerprint density at radius 2 is 1.89 bits per heavy atom. The van der Waals surface area contributed by atoms with Crippen molar-refractivity contribution in [3.05, 3.63) is 0 Å². The maximum atomic E-state index is 11.8. The minimum atomic E-state index is -0.444. The zero-order valence-electron chi connectivity index (χ0n) is 11.6. The number of carbonyl (C=O) groups excluding carboxylic acids is 2. The van der Waals surface area contributed by atoms with Crippen molar-refractivity contribution >= 4 is 11.8 Å². The Hall–Kier alpha value is -1.14. The monoisotopic (exact) mass is 256 g/mol. The fourth-order valence-corrected chi connectivity index (χ4v) is 1.97. The molecule has 0 spiro atoms. The molecule has 1 aliphatic rings. The first kappa shape index (κ1) is 14.9. The molecule has 0 saturated carbocycles. The largest absolute Gasteiger partial charge is 0.348 e. The summed E-state index contributed by atoms with van der Waals surface area (Å²) in [5.74, 6) is 0.0951. The maximum absolute atomic E-state index is 11.8. The van der Waals surface area contributed by atoms with Gasteiger partial charge in [-0.3, -0.25) is 14.5 Å². The van der Waals surface area contributed by atoms with Gasteiger partial charge in [-0.2, -0.15) is 0 Å². The van der Waals surface area contributed by atoms with Crippen LogP contribution in [0.2, 0.25) is 0 Å². The Morgan fingerprint density at radius 3 is 2.44 bits per heavy atom. The molecule has 1 fully saturated rings. The molecule has 1 atom stereocenters. The first-order chi connectivity index (χ1) is 8.41. The smallest absolute Gasteiger partial charge is 0.239 e. The lowest BCUT2D eigenvalue weighted by Crippen LogP contribution is -2.44. The highest BCUT2D eigenvalue weighted by Gasteiger charge is 2.22. The molecule has 18 heavy (non-hydrogen) atoms. The summed E-state index contributed by atoms with van der Waals surface area (Å²) in [6, 6.07) is -0.444. The molecule has 2 N–H and O–H groups in total. The number of nitrogens with zero attached hydrogens (tertiary/aromatic N) is 3. The minimum Gasteiger partial charge on any atom is -0.348 e. The zero-order valence-corrected chi connectivity index (χ0v) is 11.6. The van der Waals surface area contributed by atoms with Crippen LogP contribution in [0.3, 0.4) is 0 Å². The van der Waals surface area contributed by atoms with E-state index in [0.717, 1.165) is 26.1 Å². The van der Waals surface area contributed by atoms with Gasteiger partial charge in [-0.05, 0) is 13.3 Å². The SMILES string of the molecule is CC(N)C(=O)N1CCCN(CC(=O)N(C)C)CC1. The Labute approximate surface area is 109 Å². The van der Waals surface area contributed by atoms with Crippen molar-refractivity contribution in [1.82, 2.24) is 14.7 Å². The van der Waals surface area contributed by atoms with Gasteiger partial charge in [0.05, 0.1) is 12.6 Å². The molecular weight excluding hydrogens is 232 g/mol. The molecule has 1 aliphatic heterocycles. The zero-order chi connectivity index (χ0) is 13.7. The van der Waals surface area contributed by atoms with Gasteiger partial charge in [-0.15, -0.1) is 0 Å². The summed E-state index contributed by atoms with van der Waals surface area (Å²) in [7, 11) is 3.51. The number of hydrogen-bond donors (Lipinski definition) is 1.